The number of aromatic nitrogens is 3. The van der Waals surface area contributed by atoms with Crippen molar-refractivity contribution in [2.45, 2.75) is 18.9 Å². The summed E-state index contributed by atoms with van der Waals surface area (Å²) in [6.45, 7) is 1.01. The average molecular weight is 210 g/mol. The van der Waals surface area contributed by atoms with Gasteiger partial charge >= 0.3 is 6.01 Å². The van der Waals surface area contributed by atoms with Crippen molar-refractivity contribution in [1.29, 1.82) is 0 Å². The molecule has 1 aromatic heterocycles. The van der Waals surface area contributed by atoms with Gasteiger partial charge in [-0.05, 0) is 12.8 Å². The molecule has 2 rings (SSSR count). The van der Waals surface area contributed by atoms with Crippen LogP contribution in [0.15, 0.2) is 6.33 Å². The minimum Gasteiger partial charge on any atom is -0.467 e. The van der Waals surface area contributed by atoms with Crippen LogP contribution in [0.3, 0.4) is 0 Å². The van der Waals surface area contributed by atoms with E-state index < -0.39 is 0 Å². The van der Waals surface area contributed by atoms with Crippen LogP contribution in [0.25, 0.3) is 0 Å². The molecule has 82 valence electrons. The fourth-order valence-corrected chi connectivity index (χ4v) is 1.80. The SMILES string of the molecule is COc1ncnc(N2CCC[C@H]2CO)n1. The molecule has 1 aromatic rings. The van der Waals surface area contributed by atoms with E-state index in [2.05, 4.69) is 15.0 Å². The molecule has 1 aliphatic heterocycles. The molecular formula is C9H14N4O2. The Hall–Kier alpha value is -1.43. The van der Waals surface area contributed by atoms with Crippen molar-refractivity contribution in [1.82, 2.24) is 15.0 Å². The van der Waals surface area contributed by atoms with Crippen molar-refractivity contribution in [3.63, 3.8) is 0 Å². The summed E-state index contributed by atoms with van der Waals surface area (Å²) < 4.78 is 4.93. The Balaban J connectivity index is 2.20. The zero-order valence-electron chi connectivity index (χ0n) is 8.63. The topological polar surface area (TPSA) is 71.4 Å². The molecule has 0 aliphatic carbocycles. The number of methoxy groups -OCH3 is 1. The predicted molar refractivity (Wildman–Crippen MR) is 53.8 cm³/mol. The van der Waals surface area contributed by atoms with E-state index in [-0.39, 0.29) is 12.6 Å². The number of hydrogen-bond donors (Lipinski definition) is 1. The fraction of sp³-hybridized carbons (Fsp3) is 0.667. The highest BCUT2D eigenvalue weighted by molar-refractivity contribution is 5.33. The number of aliphatic hydroxyl groups is 1. The number of aliphatic hydroxyl groups excluding tert-OH is 1. The summed E-state index contributed by atoms with van der Waals surface area (Å²) in [5.74, 6) is 0.582. The molecular weight excluding hydrogens is 196 g/mol. The fourth-order valence-electron chi connectivity index (χ4n) is 1.80. The van der Waals surface area contributed by atoms with Gasteiger partial charge in [0.15, 0.2) is 0 Å². The zero-order valence-corrected chi connectivity index (χ0v) is 8.63. The van der Waals surface area contributed by atoms with Gasteiger partial charge in [-0.3, -0.25) is 0 Å². The summed E-state index contributed by atoms with van der Waals surface area (Å²) in [6, 6.07) is 0.431. The van der Waals surface area contributed by atoms with Gasteiger partial charge in [-0.25, -0.2) is 4.98 Å². The second-order valence-corrected chi connectivity index (χ2v) is 3.44. The van der Waals surface area contributed by atoms with Gasteiger partial charge in [-0.15, -0.1) is 0 Å². The summed E-state index contributed by atoms with van der Waals surface area (Å²) in [6.07, 6.45) is 3.46. The highest BCUT2D eigenvalue weighted by atomic mass is 16.5. The van der Waals surface area contributed by atoms with Gasteiger partial charge in [-0.1, -0.05) is 0 Å². The van der Waals surface area contributed by atoms with Gasteiger partial charge in [0.1, 0.15) is 6.33 Å². The van der Waals surface area contributed by atoms with E-state index in [9.17, 15) is 5.11 Å². The molecule has 0 bridgehead atoms. The highest BCUT2D eigenvalue weighted by Gasteiger charge is 2.26. The van der Waals surface area contributed by atoms with Crippen molar-refractivity contribution in [2.75, 3.05) is 25.2 Å². The summed E-state index contributed by atoms with van der Waals surface area (Å²) in [5.41, 5.74) is 0. The normalized spacial score (nSPS) is 20.7. The molecule has 6 heteroatoms. The molecule has 1 saturated heterocycles. The Morgan fingerprint density at radius 2 is 2.47 bits per heavy atom. The molecule has 0 saturated carbocycles. The molecule has 1 fully saturated rings. The average Bonchev–Trinajstić information content (AvgIpc) is 2.77. The first-order valence-corrected chi connectivity index (χ1v) is 4.95. The number of nitrogens with zero attached hydrogens (tertiary/aromatic N) is 4. The lowest BCUT2D eigenvalue weighted by molar-refractivity contribution is 0.265. The first kappa shape index (κ1) is 10.1. The number of anilines is 1. The Labute approximate surface area is 87.9 Å². The summed E-state index contributed by atoms with van der Waals surface area (Å²) >= 11 is 0. The van der Waals surface area contributed by atoms with Crippen LogP contribution >= 0.6 is 0 Å². The summed E-state index contributed by atoms with van der Waals surface area (Å²) in [4.78, 5) is 14.1. The smallest absolute Gasteiger partial charge is 0.320 e. The molecule has 0 unspecified atom stereocenters. The van der Waals surface area contributed by atoms with E-state index in [1.807, 2.05) is 4.90 Å². The van der Waals surface area contributed by atoms with Gasteiger partial charge in [0.25, 0.3) is 0 Å². The lowest BCUT2D eigenvalue weighted by atomic mass is 10.2. The van der Waals surface area contributed by atoms with Crippen molar-refractivity contribution in [2.24, 2.45) is 0 Å². The van der Waals surface area contributed by atoms with E-state index >= 15 is 0 Å². The minimum absolute atomic E-state index is 0.122. The Morgan fingerprint density at radius 3 is 3.20 bits per heavy atom. The third kappa shape index (κ3) is 1.99. The van der Waals surface area contributed by atoms with E-state index in [1.165, 1.54) is 13.4 Å². The number of ether oxygens (including phenoxy) is 1. The van der Waals surface area contributed by atoms with Crippen molar-refractivity contribution >= 4 is 5.95 Å². The first-order chi connectivity index (χ1) is 7.35. The van der Waals surface area contributed by atoms with Crippen LogP contribution in [0.5, 0.6) is 6.01 Å². The van der Waals surface area contributed by atoms with Gasteiger partial charge in [-0.2, -0.15) is 9.97 Å². The Kier molecular flexibility index (Phi) is 2.96. The van der Waals surface area contributed by atoms with Crippen LogP contribution in [-0.2, 0) is 0 Å². The van der Waals surface area contributed by atoms with Crippen LogP contribution in [0, 0.1) is 0 Å². The summed E-state index contributed by atoms with van der Waals surface area (Å²) in [7, 11) is 1.52. The number of rotatable bonds is 3. The quantitative estimate of drug-likeness (QED) is 0.747. The standard InChI is InChI=1S/C9H14N4O2/c1-15-9-11-6-10-8(12-9)13-4-2-3-7(13)5-14/h6-7,14H,2-5H2,1H3/t7-/m0/s1. The molecule has 0 aromatic carbocycles. The lowest BCUT2D eigenvalue weighted by Gasteiger charge is -2.22. The van der Waals surface area contributed by atoms with Crippen molar-refractivity contribution in [3.05, 3.63) is 6.33 Å². The maximum atomic E-state index is 9.18. The van der Waals surface area contributed by atoms with E-state index in [4.69, 9.17) is 4.74 Å². The largest absolute Gasteiger partial charge is 0.467 e. The highest BCUT2D eigenvalue weighted by Crippen LogP contribution is 2.22. The molecule has 0 spiro atoms. The van der Waals surface area contributed by atoms with Crippen LogP contribution in [0.1, 0.15) is 12.8 Å². The predicted octanol–water partition coefficient (Wildman–Crippen LogP) is -0.159. The van der Waals surface area contributed by atoms with Gasteiger partial charge in [0.2, 0.25) is 5.95 Å². The van der Waals surface area contributed by atoms with Crippen molar-refractivity contribution < 1.29 is 9.84 Å². The van der Waals surface area contributed by atoms with Gasteiger partial charge in [0, 0.05) is 6.54 Å². The monoisotopic (exact) mass is 210 g/mol. The molecule has 6 nitrogen and oxygen atoms in total. The van der Waals surface area contributed by atoms with Crippen LogP contribution < -0.4 is 9.64 Å². The van der Waals surface area contributed by atoms with Crippen LogP contribution in [0.2, 0.25) is 0 Å². The van der Waals surface area contributed by atoms with Crippen LogP contribution in [-0.4, -0.2) is 46.4 Å². The summed E-state index contributed by atoms with van der Waals surface area (Å²) in [5, 5.41) is 9.18. The van der Waals surface area contributed by atoms with Gasteiger partial charge < -0.3 is 14.7 Å². The van der Waals surface area contributed by atoms with E-state index in [0.717, 1.165) is 19.4 Å². The molecule has 2 heterocycles. The maximum Gasteiger partial charge on any atom is 0.320 e. The van der Waals surface area contributed by atoms with Crippen LogP contribution in [0.4, 0.5) is 5.95 Å². The Bertz CT molecular complexity index is 334. The second-order valence-electron chi connectivity index (χ2n) is 3.44. The maximum absolute atomic E-state index is 9.18. The third-order valence-electron chi connectivity index (χ3n) is 2.56. The molecule has 1 N–H and O–H groups in total. The van der Waals surface area contributed by atoms with Crippen molar-refractivity contribution in [3.8, 4) is 6.01 Å². The molecule has 0 radical (unpaired) electrons. The molecule has 1 aliphatic rings. The van der Waals surface area contributed by atoms with E-state index in [1.54, 1.807) is 0 Å². The Morgan fingerprint density at radius 1 is 1.60 bits per heavy atom. The lowest BCUT2D eigenvalue weighted by Crippen LogP contribution is -2.33. The zero-order chi connectivity index (χ0) is 10.7. The molecule has 15 heavy (non-hydrogen) atoms. The molecule has 1 atom stereocenters. The minimum atomic E-state index is 0.122. The second kappa shape index (κ2) is 4.39. The first-order valence-electron chi connectivity index (χ1n) is 4.95. The van der Waals surface area contributed by atoms with Gasteiger partial charge in [0.05, 0.1) is 19.8 Å². The third-order valence-corrected chi connectivity index (χ3v) is 2.56. The molecule has 0 amide bonds. The van der Waals surface area contributed by atoms with E-state index in [0.29, 0.717) is 12.0 Å². The number of hydrogen-bond acceptors (Lipinski definition) is 6.